The van der Waals surface area contributed by atoms with Gasteiger partial charge in [-0.3, -0.25) is 0 Å². The normalized spacial score (nSPS) is 15.1. The molecule has 3 aromatic carbocycles. The topological polar surface area (TPSA) is 84.2 Å². The van der Waals surface area contributed by atoms with Crippen molar-refractivity contribution in [2.24, 2.45) is 11.1 Å². The second-order valence-electron chi connectivity index (χ2n) is 9.59. The van der Waals surface area contributed by atoms with E-state index in [1.54, 1.807) is 24.3 Å². The van der Waals surface area contributed by atoms with E-state index in [1.807, 2.05) is 67.6 Å². The molecule has 0 unspecified atom stereocenters. The minimum absolute atomic E-state index is 0.0854. The van der Waals surface area contributed by atoms with Crippen LogP contribution in [0.5, 0.6) is 0 Å². The third-order valence-corrected chi connectivity index (χ3v) is 7.39. The third-order valence-electron chi connectivity index (χ3n) is 5.93. The summed E-state index contributed by atoms with van der Waals surface area (Å²) >= 11 is 0. The van der Waals surface area contributed by atoms with Crippen LogP contribution in [0.4, 0.5) is 0 Å². The fourth-order valence-electron chi connectivity index (χ4n) is 3.59. The lowest BCUT2D eigenvalue weighted by Gasteiger charge is -2.33. The molecule has 0 fully saturated rings. The molecule has 0 amide bonds. The maximum atomic E-state index is 13.4. The lowest BCUT2D eigenvalue weighted by molar-refractivity contribution is 0.290. The summed E-state index contributed by atoms with van der Waals surface area (Å²) in [7, 11) is -3.77. The molecule has 5 nitrogen and oxygen atoms in total. The molecule has 0 saturated heterocycles. The van der Waals surface area contributed by atoms with Crippen LogP contribution < -0.4 is 15.8 Å². The van der Waals surface area contributed by atoms with E-state index in [-0.39, 0.29) is 22.4 Å². The molecule has 0 aliphatic heterocycles. The Bertz CT molecular complexity index is 1110. The van der Waals surface area contributed by atoms with Gasteiger partial charge in [0.1, 0.15) is 0 Å². The van der Waals surface area contributed by atoms with Crippen LogP contribution in [-0.2, 0) is 10.0 Å². The number of benzene rings is 3. The Labute approximate surface area is 198 Å². The van der Waals surface area contributed by atoms with Crippen molar-refractivity contribution in [3.8, 4) is 0 Å². The maximum absolute atomic E-state index is 13.4. The molecule has 0 aromatic heterocycles. The largest absolute Gasteiger partial charge is 0.326 e. The molecule has 0 saturated carbocycles. The first kappa shape index (κ1) is 25.1. The van der Waals surface area contributed by atoms with Gasteiger partial charge in [-0.05, 0) is 35.6 Å². The molecule has 6 heteroatoms. The predicted octanol–water partition coefficient (Wildman–Crippen LogP) is 4.72. The van der Waals surface area contributed by atoms with Crippen molar-refractivity contribution in [2.75, 3.05) is 6.54 Å². The number of aryl methyl sites for hydroxylation is 1. The standard InChI is InChI=1S/C27H35N3O2S/c1-20-15-17-23(18-16-20)33(31,32)30-26(22-13-9-6-10-14-22)25(21-11-7-5-8-12-21)29-19-24(28)27(2,3)4/h5-18,24-26,29-30H,19,28H2,1-4H3/t24-,25-,26-/m1/s1. The summed E-state index contributed by atoms with van der Waals surface area (Å²) < 4.78 is 29.8. The van der Waals surface area contributed by atoms with Crippen molar-refractivity contribution in [1.82, 2.24) is 10.0 Å². The predicted molar refractivity (Wildman–Crippen MR) is 135 cm³/mol. The molecule has 176 valence electrons. The number of nitrogens with one attached hydrogen (secondary N) is 2. The van der Waals surface area contributed by atoms with Gasteiger partial charge >= 0.3 is 0 Å². The third kappa shape index (κ3) is 6.74. The average molecular weight is 466 g/mol. The Kier molecular flexibility index (Phi) is 8.08. The molecular formula is C27H35N3O2S. The van der Waals surface area contributed by atoms with Crippen LogP contribution in [0.1, 0.15) is 49.5 Å². The first-order chi connectivity index (χ1) is 15.6. The van der Waals surface area contributed by atoms with E-state index < -0.39 is 16.1 Å². The lowest BCUT2D eigenvalue weighted by atomic mass is 9.86. The van der Waals surface area contributed by atoms with E-state index in [4.69, 9.17) is 5.73 Å². The van der Waals surface area contributed by atoms with Gasteiger partial charge < -0.3 is 11.1 Å². The number of hydrogen-bond donors (Lipinski definition) is 3. The molecule has 0 aliphatic carbocycles. The monoisotopic (exact) mass is 465 g/mol. The minimum atomic E-state index is -3.77. The van der Waals surface area contributed by atoms with Crippen molar-refractivity contribution in [3.05, 3.63) is 102 Å². The van der Waals surface area contributed by atoms with E-state index in [0.29, 0.717) is 6.54 Å². The summed E-state index contributed by atoms with van der Waals surface area (Å²) in [5.41, 5.74) is 9.23. The number of hydrogen-bond acceptors (Lipinski definition) is 4. The first-order valence-electron chi connectivity index (χ1n) is 11.3. The van der Waals surface area contributed by atoms with Crippen molar-refractivity contribution in [2.45, 2.75) is 50.7 Å². The Morgan fingerprint density at radius 3 is 1.76 bits per heavy atom. The highest BCUT2D eigenvalue weighted by atomic mass is 32.2. The van der Waals surface area contributed by atoms with Crippen LogP contribution >= 0.6 is 0 Å². The Balaban J connectivity index is 2.02. The number of sulfonamides is 1. The minimum Gasteiger partial charge on any atom is -0.326 e. The van der Waals surface area contributed by atoms with Crippen molar-refractivity contribution >= 4 is 10.0 Å². The molecule has 3 aromatic rings. The van der Waals surface area contributed by atoms with Gasteiger partial charge in [0.2, 0.25) is 10.0 Å². The zero-order valence-corrected chi connectivity index (χ0v) is 20.6. The van der Waals surface area contributed by atoms with Gasteiger partial charge in [-0.25, -0.2) is 13.1 Å². The fourth-order valence-corrected chi connectivity index (χ4v) is 4.83. The number of rotatable bonds is 9. The van der Waals surface area contributed by atoms with Gasteiger partial charge in [0.25, 0.3) is 0 Å². The van der Waals surface area contributed by atoms with Gasteiger partial charge in [-0.15, -0.1) is 0 Å². The molecule has 3 rings (SSSR count). The average Bonchev–Trinajstić information content (AvgIpc) is 2.79. The Hall–Kier alpha value is -2.51. The molecule has 33 heavy (non-hydrogen) atoms. The molecule has 0 radical (unpaired) electrons. The van der Waals surface area contributed by atoms with Crippen LogP contribution in [-0.4, -0.2) is 21.0 Å². The van der Waals surface area contributed by atoms with E-state index in [9.17, 15) is 8.42 Å². The molecule has 0 aliphatic rings. The zero-order chi connectivity index (χ0) is 24.1. The van der Waals surface area contributed by atoms with Gasteiger partial charge in [-0.1, -0.05) is 99.1 Å². The van der Waals surface area contributed by atoms with Crippen LogP contribution in [0.25, 0.3) is 0 Å². The highest BCUT2D eigenvalue weighted by molar-refractivity contribution is 7.89. The van der Waals surface area contributed by atoms with Crippen LogP contribution in [0, 0.1) is 12.3 Å². The van der Waals surface area contributed by atoms with Crippen molar-refractivity contribution in [1.29, 1.82) is 0 Å². The molecule has 3 atom stereocenters. The summed E-state index contributed by atoms with van der Waals surface area (Å²) in [4.78, 5) is 0.243. The van der Waals surface area contributed by atoms with E-state index in [2.05, 4.69) is 30.8 Å². The quantitative estimate of drug-likeness (QED) is 0.427. The Morgan fingerprint density at radius 1 is 0.788 bits per heavy atom. The summed E-state index contributed by atoms with van der Waals surface area (Å²) in [5.74, 6) is 0. The molecule has 0 heterocycles. The van der Waals surface area contributed by atoms with E-state index >= 15 is 0 Å². The zero-order valence-electron chi connectivity index (χ0n) is 19.8. The maximum Gasteiger partial charge on any atom is 0.241 e. The van der Waals surface area contributed by atoms with Crippen molar-refractivity contribution in [3.63, 3.8) is 0 Å². The highest BCUT2D eigenvalue weighted by Gasteiger charge is 2.31. The van der Waals surface area contributed by atoms with E-state index in [0.717, 1.165) is 16.7 Å². The first-order valence-corrected chi connectivity index (χ1v) is 12.7. The van der Waals surface area contributed by atoms with Gasteiger partial charge in [0.15, 0.2) is 0 Å². The summed E-state index contributed by atoms with van der Waals surface area (Å²) in [6, 6.07) is 25.5. The highest BCUT2D eigenvalue weighted by Crippen LogP contribution is 2.31. The van der Waals surface area contributed by atoms with Crippen LogP contribution in [0.15, 0.2) is 89.8 Å². The Morgan fingerprint density at radius 2 is 1.27 bits per heavy atom. The van der Waals surface area contributed by atoms with Gasteiger partial charge in [0.05, 0.1) is 17.0 Å². The summed E-state index contributed by atoms with van der Waals surface area (Å²) in [6.07, 6.45) is 0. The summed E-state index contributed by atoms with van der Waals surface area (Å²) in [5, 5.41) is 3.57. The van der Waals surface area contributed by atoms with Gasteiger partial charge in [-0.2, -0.15) is 0 Å². The second-order valence-corrected chi connectivity index (χ2v) is 11.3. The molecule has 0 spiro atoms. The SMILES string of the molecule is Cc1ccc(S(=O)(=O)N[C@H](c2ccccc2)[C@H](NC[C@@H](N)C(C)(C)C)c2ccccc2)cc1. The molecule has 4 N–H and O–H groups in total. The van der Waals surface area contributed by atoms with Crippen molar-refractivity contribution < 1.29 is 8.42 Å². The summed E-state index contributed by atoms with van der Waals surface area (Å²) in [6.45, 7) is 8.78. The molecule has 0 bridgehead atoms. The van der Waals surface area contributed by atoms with Crippen LogP contribution in [0.3, 0.4) is 0 Å². The molecular weight excluding hydrogens is 430 g/mol. The smallest absolute Gasteiger partial charge is 0.241 e. The van der Waals surface area contributed by atoms with Gasteiger partial charge in [0, 0.05) is 12.6 Å². The second kappa shape index (κ2) is 10.6. The lowest BCUT2D eigenvalue weighted by Crippen LogP contribution is -2.47. The van der Waals surface area contributed by atoms with E-state index in [1.165, 1.54) is 0 Å². The van der Waals surface area contributed by atoms with Crippen LogP contribution in [0.2, 0.25) is 0 Å². The number of nitrogens with two attached hydrogens (primary N) is 1. The fraction of sp³-hybridized carbons (Fsp3) is 0.333.